The average Bonchev–Trinajstić information content (AvgIpc) is 3.39. The highest BCUT2D eigenvalue weighted by molar-refractivity contribution is 6.30. The number of nitriles is 1. The number of imidazole rings is 1. The molecule has 8 heteroatoms. The van der Waals surface area contributed by atoms with E-state index in [1.807, 2.05) is 82.9 Å². The molecular formula is C28H22ClN5O2. The maximum Gasteiger partial charge on any atom is 0.271 e. The molecule has 2 aromatic heterocycles. The molecule has 2 aromatic carbocycles. The van der Waals surface area contributed by atoms with Crippen molar-refractivity contribution in [1.82, 2.24) is 19.0 Å². The van der Waals surface area contributed by atoms with Crippen LogP contribution in [0.2, 0.25) is 5.02 Å². The molecule has 0 fully saturated rings. The SMILES string of the molecule is CCN1C(=O)C(C#N)=C(C)/C(=C/c2cc3c(nc(-c4ccc(Cl)cc4)n3C)n2-c2ccccc2)C1=O. The van der Waals surface area contributed by atoms with Crippen LogP contribution in [0.4, 0.5) is 0 Å². The average molecular weight is 496 g/mol. The number of aromatic nitrogens is 3. The van der Waals surface area contributed by atoms with E-state index in [-0.39, 0.29) is 12.1 Å². The van der Waals surface area contributed by atoms with Crippen molar-refractivity contribution in [2.75, 3.05) is 6.54 Å². The summed E-state index contributed by atoms with van der Waals surface area (Å²) in [6, 6.07) is 21.2. The van der Waals surface area contributed by atoms with E-state index < -0.39 is 11.8 Å². The summed E-state index contributed by atoms with van der Waals surface area (Å²) in [6.07, 6.45) is 1.74. The number of hydrogen-bond acceptors (Lipinski definition) is 4. The van der Waals surface area contributed by atoms with Crippen LogP contribution in [0.3, 0.4) is 0 Å². The lowest BCUT2D eigenvalue weighted by atomic mass is 9.94. The second-order valence-electron chi connectivity index (χ2n) is 8.47. The monoisotopic (exact) mass is 495 g/mol. The summed E-state index contributed by atoms with van der Waals surface area (Å²) in [5, 5.41) is 10.3. The molecule has 1 aliphatic heterocycles. The Morgan fingerprint density at radius 3 is 2.39 bits per heavy atom. The molecule has 3 heterocycles. The van der Waals surface area contributed by atoms with Gasteiger partial charge < -0.3 is 4.57 Å². The molecule has 0 spiro atoms. The van der Waals surface area contributed by atoms with Crippen molar-refractivity contribution in [2.24, 2.45) is 7.05 Å². The molecule has 2 amide bonds. The van der Waals surface area contributed by atoms with Crippen LogP contribution in [0.25, 0.3) is 34.3 Å². The summed E-state index contributed by atoms with van der Waals surface area (Å²) in [5.41, 5.74) is 4.75. The molecule has 36 heavy (non-hydrogen) atoms. The lowest BCUT2D eigenvalue weighted by Crippen LogP contribution is -2.42. The Balaban J connectivity index is 1.77. The van der Waals surface area contributed by atoms with Gasteiger partial charge in [0.2, 0.25) is 0 Å². The lowest BCUT2D eigenvalue weighted by molar-refractivity contribution is -0.140. The number of amides is 2. The first-order valence-corrected chi connectivity index (χ1v) is 11.8. The number of aryl methyl sites for hydroxylation is 1. The van der Waals surface area contributed by atoms with E-state index in [9.17, 15) is 14.9 Å². The molecule has 0 saturated heterocycles. The summed E-state index contributed by atoms with van der Waals surface area (Å²) < 4.78 is 3.97. The van der Waals surface area contributed by atoms with Crippen LogP contribution in [0.15, 0.2) is 77.4 Å². The number of nitrogens with zero attached hydrogens (tertiary/aromatic N) is 5. The van der Waals surface area contributed by atoms with Crippen molar-refractivity contribution in [3.05, 3.63) is 88.1 Å². The van der Waals surface area contributed by atoms with E-state index >= 15 is 0 Å². The Bertz CT molecular complexity index is 1630. The van der Waals surface area contributed by atoms with Gasteiger partial charge in [0.05, 0.1) is 11.2 Å². The molecule has 0 unspecified atom stereocenters. The third kappa shape index (κ3) is 3.63. The second-order valence-corrected chi connectivity index (χ2v) is 8.91. The van der Waals surface area contributed by atoms with Crippen LogP contribution in [-0.4, -0.2) is 37.4 Å². The van der Waals surface area contributed by atoms with Gasteiger partial charge in [-0.3, -0.25) is 19.1 Å². The van der Waals surface area contributed by atoms with Gasteiger partial charge in [0.15, 0.2) is 5.65 Å². The van der Waals surface area contributed by atoms with Crippen molar-refractivity contribution in [1.29, 1.82) is 5.26 Å². The van der Waals surface area contributed by atoms with E-state index in [0.717, 1.165) is 27.5 Å². The standard InChI is InChI=1S/C28H22ClN5O2/c1-4-33-27(35)22(17(2)23(16-30)28(33)36)14-21-15-24-26(34(21)20-8-6-5-7-9-20)31-25(32(24)3)18-10-12-19(29)13-11-18/h5-15H,4H2,1-3H3/b22-14-. The van der Waals surface area contributed by atoms with Crippen LogP contribution in [0.5, 0.6) is 0 Å². The number of benzene rings is 2. The summed E-state index contributed by atoms with van der Waals surface area (Å²) in [5.74, 6) is -0.198. The third-order valence-electron chi connectivity index (χ3n) is 6.43. The Hall–Kier alpha value is -4.41. The summed E-state index contributed by atoms with van der Waals surface area (Å²) in [6.45, 7) is 3.53. The van der Waals surface area contributed by atoms with Gasteiger partial charge in [0, 0.05) is 35.4 Å². The van der Waals surface area contributed by atoms with Gasteiger partial charge in [-0.15, -0.1) is 0 Å². The van der Waals surface area contributed by atoms with Crippen LogP contribution in [0, 0.1) is 11.3 Å². The first kappa shape index (κ1) is 23.3. The predicted molar refractivity (Wildman–Crippen MR) is 139 cm³/mol. The number of fused-ring (bicyclic) bond motifs is 1. The maximum atomic E-state index is 13.2. The smallest absolute Gasteiger partial charge is 0.271 e. The van der Waals surface area contributed by atoms with E-state index in [1.165, 1.54) is 0 Å². The summed E-state index contributed by atoms with van der Waals surface area (Å²) in [7, 11) is 1.94. The number of carbonyl (C=O) groups excluding carboxylic acids is 2. The molecule has 0 aliphatic carbocycles. The molecule has 0 atom stereocenters. The zero-order chi connectivity index (χ0) is 25.6. The molecule has 7 nitrogen and oxygen atoms in total. The molecule has 5 rings (SSSR count). The molecule has 1 aliphatic rings. The van der Waals surface area contributed by atoms with Crippen molar-refractivity contribution < 1.29 is 9.59 Å². The fourth-order valence-electron chi connectivity index (χ4n) is 4.53. The topological polar surface area (TPSA) is 83.9 Å². The van der Waals surface area contributed by atoms with E-state index in [1.54, 1.807) is 19.9 Å². The number of carbonyl (C=O) groups is 2. The number of para-hydroxylation sites is 1. The number of rotatable bonds is 4. The van der Waals surface area contributed by atoms with Gasteiger partial charge in [-0.25, -0.2) is 4.98 Å². The Morgan fingerprint density at radius 2 is 1.75 bits per heavy atom. The van der Waals surface area contributed by atoms with Gasteiger partial charge in [0.1, 0.15) is 17.5 Å². The molecule has 0 bridgehead atoms. The Morgan fingerprint density at radius 1 is 1.06 bits per heavy atom. The van der Waals surface area contributed by atoms with Crippen LogP contribution in [0.1, 0.15) is 19.5 Å². The molecular weight excluding hydrogens is 474 g/mol. The maximum absolute atomic E-state index is 13.2. The molecule has 0 saturated carbocycles. The minimum absolute atomic E-state index is 0.0202. The quantitative estimate of drug-likeness (QED) is 0.284. The van der Waals surface area contributed by atoms with E-state index in [4.69, 9.17) is 16.6 Å². The molecule has 4 aromatic rings. The highest BCUT2D eigenvalue weighted by atomic mass is 35.5. The van der Waals surface area contributed by atoms with Crippen molar-refractivity contribution in [3.8, 4) is 23.1 Å². The largest absolute Gasteiger partial charge is 0.326 e. The number of halogens is 1. The highest BCUT2D eigenvalue weighted by Gasteiger charge is 2.34. The first-order valence-electron chi connectivity index (χ1n) is 11.4. The predicted octanol–water partition coefficient (Wildman–Crippen LogP) is 5.30. The van der Waals surface area contributed by atoms with Crippen LogP contribution >= 0.6 is 11.6 Å². The van der Waals surface area contributed by atoms with Crippen molar-refractivity contribution >= 4 is 40.7 Å². The van der Waals surface area contributed by atoms with Gasteiger partial charge in [-0.2, -0.15) is 5.26 Å². The van der Waals surface area contributed by atoms with Crippen molar-refractivity contribution in [3.63, 3.8) is 0 Å². The number of likely N-dealkylation sites (N-methyl/N-ethyl adjacent to an activating group) is 1. The van der Waals surface area contributed by atoms with E-state index in [0.29, 0.717) is 27.5 Å². The normalized spacial score (nSPS) is 15.3. The highest BCUT2D eigenvalue weighted by Crippen LogP contribution is 2.33. The van der Waals surface area contributed by atoms with Crippen LogP contribution in [-0.2, 0) is 16.6 Å². The fourth-order valence-corrected chi connectivity index (χ4v) is 4.65. The first-order chi connectivity index (χ1) is 17.3. The zero-order valence-corrected chi connectivity index (χ0v) is 20.7. The minimum Gasteiger partial charge on any atom is -0.326 e. The zero-order valence-electron chi connectivity index (χ0n) is 20.0. The minimum atomic E-state index is -0.558. The lowest BCUT2D eigenvalue weighted by Gasteiger charge is -2.26. The van der Waals surface area contributed by atoms with Gasteiger partial charge >= 0.3 is 0 Å². The number of imide groups is 1. The summed E-state index contributed by atoms with van der Waals surface area (Å²) >= 11 is 6.08. The third-order valence-corrected chi connectivity index (χ3v) is 6.68. The Kier molecular flexibility index (Phi) is 5.83. The van der Waals surface area contributed by atoms with Gasteiger partial charge in [-0.1, -0.05) is 29.8 Å². The number of hydrogen-bond donors (Lipinski definition) is 0. The van der Waals surface area contributed by atoms with E-state index in [2.05, 4.69) is 0 Å². The second kappa shape index (κ2) is 8.99. The van der Waals surface area contributed by atoms with Crippen LogP contribution < -0.4 is 0 Å². The van der Waals surface area contributed by atoms with Gasteiger partial charge in [0.25, 0.3) is 11.8 Å². The molecule has 0 radical (unpaired) electrons. The molecule has 178 valence electrons. The fraction of sp³-hybridized carbons (Fsp3) is 0.143. The van der Waals surface area contributed by atoms with Gasteiger partial charge in [-0.05, 0) is 68.0 Å². The summed E-state index contributed by atoms with van der Waals surface area (Å²) in [4.78, 5) is 31.9. The molecule has 0 N–H and O–H groups in total. The Labute approximate surface area is 213 Å². The van der Waals surface area contributed by atoms with Crippen molar-refractivity contribution in [2.45, 2.75) is 13.8 Å².